The summed E-state index contributed by atoms with van der Waals surface area (Å²) >= 11 is 3.35. The lowest BCUT2D eigenvalue weighted by molar-refractivity contribution is -0.275. The zero-order valence-corrected chi connectivity index (χ0v) is 12.8. The number of rotatable bonds is 5. The molecular weight excluding hydrogens is 363 g/mol. The molecule has 0 aromatic heterocycles. The molecule has 3 nitrogen and oxygen atoms in total. The number of ether oxygens (including phenoxy) is 1. The molecule has 0 heterocycles. The molecule has 0 spiro atoms. The highest BCUT2D eigenvalue weighted by Gasteiger charge is 2.32. The fourth-order valence-electron chi connectivity index (χ4n) is 1.63. The largest absolute Gasteiger partial charge is 0.573 e. The van der Waals surface area contributed by atoms with Gasteiger partial charge in [-0.25, -0.2) is 0 Å². The van der Waals surface area contributed by atoms with Crippen molar-refractivity contribution in [3.63, 3.8) is 0 Å². The number of oxime groups is 1. The Morgan fingerprint density at radius 2 is 1.73 bits per heavy atom. The second kappa shape index (κ2) is 7.31. The summed E-state index contributed by atoms with van der Waals surface area (Å²) in [5.74, 6) is -0.300. The van der Waals surface area contributed by atoms with Gasteiger partial charge in [0.15, 0.2) is 0 Å². The SMILES string of the molecule is FC(F)(F)Oc1ccccc1CON=Cc1ccccc1Br. The fourth-order valence-corrected chi connectivity index (χ4v) is 2.02. The van der Waals surface area contributed by atoms with Crippen LogP contribution >= 0.6 is 15.9 Å². The summed E-state index contributed by atoms with van der Waals surface area (Å²) in [4.78, 5) is 5.04. The molecular formula is C15H11BrF3NO2. The summed E-state index contributed by atoms with van der Waals surface area (Å²) in [5, 5.41) is 3.74. The molecule has 0 saturated heterocycles. The van der Waals surface area contributed by atoms with Crippen molar-refractivity contribution in [3.8, 4) is 5.75 Å². The quantitative estimate of drug-likeness (QED) is 0.551. The Morgan fingerprint density at radius 3 is 2.45 bits per heavy atom. The number of alkyl halides is 3. The molecule has 0 aliphatic rings. The molecule has 0 unspecified atom stereocenters. The number of nitrogens with zero attached hydrogens (tertiary/aromatic N) is 1. The van der Waals surface area contributed by atoms with E-state index < -0.39 is 6.36 Å². The minimum atomic E-state index is -4.74. The van der Waals surface area contributed by atoms with Gasteiger partial charge in [0.25, 0.3) is 0 Å². The maximum atomic E-state index is 12.3. The number of hydrogen-bond donors (Lipinski definition) is 0. The second-order valence-electron chi connectivity index (χ2n) is 4.18. The number of benzene rings is 2. The number of para-hydroxylation sites is 1. The standard InChI is InChI=1S/C15H11BrF3NO2/c16-13-7-3-1-5-11(13)9-20-21-10-12-6-2-4-8-14(12)22-15(17,18)19/h1-9H,10H2. The van der Waals surface area contributed by atoms with Crippen molar-refractivity contribution in [2.75, 3.05) is 0 Å². The first-order valence-corrected chi connectivity index (χ1v) is 6.98. The van der Waals surface area contributed by atoms with Gasteiger partial charge in [0.1, 0.15) is 12.4 Å². The summed E-state index contributed by atoms with van der Waals surface area (Å²) in [7, 11) is 0. The second-order valence-corrected chi connectivity index (χ2v) is 5.04. The van der Waals surface area contributed by atoms with Gasteiger partial charge in [-0.1, -0.05) is 57.5 Å². The van der Waals surface area contributed by atoms with Gasteiger partial charge in [0.05, 0.1) is 6.21 Å². The maximum Gasteiger partial charge on any atom is 0.573 e. The van der Waals surface area contributed by atoms with Crippen LogP contribution in [0.5, 0.6) is 5.75 Å². The highest BCUT2D eigenvalue weighted by molar-refractivity contribution is 9.10. The smallest absolute Gasteiger partial charge is 0.405 e. The lowest BCUT2D eigenvalue weighted by Crippen LogP contribution is -2.18. The van der Waals surface area contributed by atoms with E-state index in [0.29, 0.717) is 0 Å². The van der Waals surface area contributed by atoms with Gasteiger partial charge in [-0.2, -0.15) is 0 Å². The van der Waals surface area contributed by atoms with Crippen LogP contribution in [0.2, 0.25) is 0 Å². The predicted octanol–water partition coefficient (Wildman–Crippen LogP) is 4.90. The van der Waals surface area contributed by atoms with Crippen molar-refractivity contribution in [3.05, 3.63) is 64.1 Å². The molecule has 0 amide bonds. The zero-order chi connectivity index (χ0) is 16.0. The van der Waals surface area contributed by atoms with Gasteiger partial charge in [-0.15, -0.1) is 13.2 Å². The third kappa shape index (κ3) is 5.07. The van der Waals surface area contributed by atoms with Crippen LogP contribution in [0, 0.1) is 0 Å². The van der Waals surface area contributed by atoms with E-state index in [-0.39, 0.29) is 17.9 Å². The summed E-state index contributed by atoms with van der Waals surface area (Å²) in [6.45, 7) is -0.132. The molecule has 0 saturated carbocycles. The first kappa shape index (κ1) is 16.4. The highest BCUT2D eigenvalue weighted by Crippen LogP contribution is 2.26. The molecule has 22 heavy (non-hydrogen) atoms. The monoisotopic (exact) mass is 373 g/mol. The lowest BCUT2D eigenvalue weighted by atomic mass is 10.2. The minimum absolute atomic E-state index is 0.132. The maximum absolute atomic E-state index is 12.3. The molecule has 0 radical (unpaired) electrons. The van der Waals surface area contributed by atoms with E-state index in [9.17, 15) is 13.2 Å². The van der Waals surface area contributed by atoms with E-state index in [4.69, 9.17) is 4.84 Å². The van der Waals surface area contributed by atoms with Crippen LogP contribution in [0.3, 0.4) is 0 Å². The van der Waals surface area contributed by atoms with Gasteiger partial charge in [-0.3, -0.25) is 0 Å². The summed E-state index contributed by atoms with van der Waals surface area (Å²) in [5.41, 5.74) is 1.05. The molecule has 2 aromatic rings. The van der Waals surface area contributed by atoms with Crippen LogP contribution in [0.15, 0.2) is 58.2 Å². The lowest BCUT2D eigenvalue weighted by Gasteiger charge is -2.12. The Hall–Kier alpha value is -2.02. The van der Waals surface area contributed by atoms with E-state index in [1.807, 2.05) is 24.3 Å². The van der Waals surface area contributed by atoms with E-state index in [0.717, 1.165) is 10.0 Å². The molecule has 7 heteroatoms. The Kier molecular flexibility index (Phi) is 5.43. The van der Waals surface area contributed by atoms with E-state index in [2.05, 4.69) is 25.8 Å². The number of hydrogen-bond acceptors (Lipinski definition) is 3. The first-order valence-electron chi connectivity index (χ1n) is 6.19. The Morgan fingerprint density at radius 1 is 1.05 bits per heavy atom. The van der Waals surface area contributed by atoms with Crippen molar-refractivity contribution in [1.82, 2.24) is 0 Å². The van der Waals surface area contributed by atoms with Gasteiger partial charge in [0, 0.05) is 15.6 Å². The van der Waals surface area contributed by atoms with Gasteiger partial charge >= 0.3 is 6.36 Å². The average molecular weight is 374 g/mol. The molecule has 116 valence electrons. The van der Waals surface area contributed by atoms with Crippen LogP contribution < -0.4 is 4.74 Å². The van der Waals surface area contributed by atoms with Crippen LogP contribution in [0.1, 0.15) is 11.1 Å². The van der Waals surface area contributed by atoms with Crippen molar-refractivity contribution in [2.45, 2.75) is 13.0 Å². The van der Waals surface area contributed by atoms with Crippen LogP contribution in [-0.4, -0.2) is 12.6 Å². The molecule has 2 aromatic carbocycles. The van der Waals surface area contributed by atoms with E-state index in [1.54, 1.807) is 6.07 Å². The normalized spacial score (nSPS) is 11.6. The van der Waals surface area contributed by atoms with Crippen molar-refractivity contribution in [1.29, 1.82) is 0 Å². The van der Waals surface area contributed by atoms with Crippen LogP contribution in [-0.2, 0) is 11.4 Å². The Bertz CT molecular complexity index is 659. The third-order valence-electron chi connectivity index (χ3n) is 2.59. The summed E-state index contributed by atoms with van der Waals surface area (Å²) in [6.07, 6.45) is -3.27. The van der Waals surface area contributed by atoms with E-state index in [1.165, 1.54) is 24.4 Å². The Balaban J connectivity index is 1.99. The van der Waals surface area contributed by atoms with Crippen molar-refractivity contribution in [2.24, 2.45) is 5.16 Å². The molecule has 2 rings (SSSR count). The molecule has 0 bridgehead atoms. The molecule has 0 atom stereocenters. The molecule has 0 fully saturated rings. The average Bonchev–Trinajstić information content (AvgIpc) is 2.45. The highest BCUT2D eigenvalue weighted by atomic mass is 79.9. The van der Waals surface area contributed by atoms with Gasteiger partial charge in [-0.05, 0) is 12.1 Å². The van der Waals surface area contributed by atoms with Crippen LogP contribution in [0.4, 0.5) is 13.2 Å². The van der Waals surface area contributed by atoms with Crippen molar-refractivity contribution >= 4 is 22.1 Å². The third-order valence-corrected chi connectivity index (χ3v) is 3.31. The molecule has 0 aliphatic heterocycles. The Labute approximate surface area is 133 Å². The summed E-state index contributed by atoms with van der Waals surface area (Å²) in [6, 6.07) is 13.1. The number of halogens is 4. The summed E-state index contributed by atoms with van der Waals surface area (Å²) < 4.78 is 41.6. The first-order chi connectivity index (χ1) is 10.5. The minimum Gasteiger partial charge on any atom is -0.405 e. The van der Waals surface area contributed by atoms with Gasteiger partial charge in [0.2, 0.25) is 0 Å². The van der Waals surface area contributed by atoms with Crippen LogP contribution in [0.25, 0.3) is 0 Å². The topological polar surface area (TPSA) is 30.8 Å². The van der Waals surface area contributed by atoms with Crippen molar-refractivity contribution < 1.29 is 22.7 Å². The predicted molar refractivity (Wildman–Crippen MR) is 79.7 cm³/mol. The zero-order valence-electron chi connectivity index (χ0n) is 11.2. The van der Waals surface area contributed by atoms with E-state index >= 15 is 0 Å². The fraction of sp³-hybridized carbons (Fsp3) is 0.133. The molecule has 0 N–H and O–H groups in total. The molecule has 0 aliphatic carbocycles. The van der Waals surface area contributed by atoms with Gasteiger partial charge < -0.3 is 9.57 Å².